The number of aromatic nitrogens is 2. The molecule has 0 bridgehead atoms. The lowest BCUT2D eigenvalue weighted by molar-refractivity contribution is -0.604. The minimum absolute atomic E-state index is 0.00259. The van der Waals surface area contributed by atoms with Crippen LogP contribution < -0.4 is 4.73 Å². The Hall–Kier alpha value is -0.870. The van der Waals surface area contributed by atoms with Crippen molar-refractivity contribution in [1.29, 1.82) is 0 Å². The largest absolute Gasteiger partial charge is 0.618 e. The number of nitrogens with zero attached hydrogens (tertiary/aromatic N) is 2. The first-order chi connectivity index (χ1) is 4.74. The Morgan fingerprint density at radius 1 is 1.80 bits per heavy atom. The Balaban J connectivity index is 3.04. The first-order valence-corrected chi connectivity index (χ1v) is 2.96. The lowest BCUT2D eigenvalue weighted by atomic mass is 10.5. The molecule has 0 unspecified atom stereocenters. The number of aliphatic hydroxyl groups excluding tert-OH is 1. The van der Waals surface area contributed by atoms with Gasteiger partial charge in [0.2, 0.25) is 6.20 Å². The van der Waals surface area contributed by atoms with E-state index in [1.54, 1.807) is 0 Å². The third-order valence-electron chi connectivity index (χ3n) is 0.976. The van der Waals surface area contributed by atoms with Crippen LogP contribution in [-0.4, -0.2) is 10.1 Å². The lowest BCUT2D eigenvalue weighted by Crippen LogP contribution is -2.28. The van der Waals surface area contributed by atoms with Crippen molar-refractivity contribution >= 4 is 11.6 Å². The third kappa shape index (κ3) is 1.34. The maximum atomic E-state index is 10.6. The third-order valence-corrected chi connectivity index (χ3v) is 1.24. The van der Waals surface area contributed by atoms with E-state index in [-0.39, 0.29) is 11.8 Å². The quantitative estimate of drug-likeness (QED) is 0.460. The average Bonchev–Trinajstić information content (AvgIpc) is 1.95. The summed E-state index contributed by atoms with van der Waals surface area (Å²) >= 11 is 5.34. The van der Waals surface area contributed by atoms with Crippen LogP contribution in [0.4, 0.5) is 0 Å². The van der Waals surface area contributed by atoms with E-state index >= 15 is 0 Å². The Kier molecular flexibility index (Phi) is 2.03. The minimum Gasteiger partial charge on any atom is -0.618 e. The molecule has 1 heterocycles. The maximum absolute atomic E-state index is 10.6. The average molecular weight is 161 g/mol. The van der Waals surface area contributed by atoms with Crippen LogP contribution in [0.15, 0.2) is 12.4 Å². The van der Waals surface area contributed by atoms with Gasteiger partial charge in [0, 0.05) is 0 Å². The highest BCUT2D eigenvalue weighted by Gasteiger charge is 2.02. The summed E-state index contributed by atoms with van der Waals surface area (Å²) in [6.07, 6.45) is 2.32. The molecule has 0 radical (unpaired) electrons. The van der Waals surface area contributed by atoms with E-state index < -0.39 is 0 Å². The van der Waals surface area contributed by atoms with Gasteiger partial charge >= 0.3 is 5.15 Å². The summed E-state index contributed by atoms with van der Waals surface area (Å²) < 4.78 is 0.445. The Morgan fingerprint density at radius 3 is 3.00 bits per heavy atom. The second kappa shape index (κ2) is 2.81. The Morgan fingerprint density at radius 2 is 2.50 bits per heavy atom. The summed E-state index contributed by atoms with van der Waals surface area (Å²) in [4.78, 5) is 3.65. The van der Waals surface area contributed by atoms with E-state index in [2.05, 4.69) is 4.98 Å². The SMILES string of the molecule is [O-][n+]1cc(CO)ncc1Cl. The maximum Gasteiger partial charge on any atom is 0.304 e. The number of aliphatic hydroxyl groups is 1. The van der Waals surface area contributed by atoms with Crippen LogP contribution in [0.25, 0.3) is 0 Å². The zero-order valence-electron chi connectivity index (χ0n) is 4.99. The van der Waals surface area contributed by atoms with Crippen LogP contribution in [0.2, 0.25) is 5.15 Å². The number of halogens is 1. The number of hydrogen-bond donors (Lipinski definition) is 1. The van der Waals surface area contributed by atoms with Gasteiger partial charge in [0.1, 0.15) is 11.9 Å². The van der Waals surface area contributed by atoms with E-state index in [0.29, 0.717) is 10.4 Å². The molecule has 1 aromatic heterocycles. The molecule has 1 rings (SSSR count). The molecular weight excluding hydrogens is 156 g/mol. The fourth-order valence-electron chi connectivity index (χ4n) is 0.505. The van der Waals surface area contributed by atoms with Crippen LogP contribution in [0.1, 0.15) is 5.69 Å². The summed E-state index contributed by atoms with van der Waals surface area (Å²) in [7, 11) is 0. The van der Waals surface area contributed by atoms with E-state index in [1.165, 1.54) is 6.20 Å². The van der Waals surface area contributed by atoms with Gasteiger partial charge in [-0.25, -0.2) is 4.98 Å². The normalized spacial score (nSPS) is 9.80. The first kappa shape index (κ1) is 7.24. The predicted octanol–water partition coefficient (Wildman–Crippen LogP) is -0.139. The van der Waals surface area contributed by atoms with Gasteiger partial charge in [-0.3, -0.25) is 0 Å². The highest BCUT2D eigenvalue weighted by Crippen LogP contribution is 1.97. The molecule has 0 aromatic carbocycles. The molecule has 0 atom stereocenters. The molecule has 5 heteroatoms. The summed E-state index contributed by atoms with van der Waals surface area (Å²) in [5.41, 5.74) is 0.305. The van der Waals surface area contributed by atoms with Crippen molar-refractivity contribution < 1.29 is 9.84 Å². The van der Waals surface area contributed by atoms with Crippen molar-refractivity contribution in [3.63, 3.8) is 0 Å². The predicted molar refractivity (Wildman–Crippen MR) is 34.1 cm³/mol. The highest BCUT2D eigenvalue weighted by molar-refractivity contribution is 6.28. The number of hydrogen-bond acceptors (Lipinski definition) is 3. The van der Waals surface area contributed by atoms with Crippen molar-refractivity contribution in [3.8, 4) is 0 Å². The van der Waals surface area contributed by atoms with E-state index in [4.69, 9.17) is 16.7 Å². The topological polar surface area (TPSA) is 60.1 Å². The summed E-state index contributed by atoms with van der Waals surface area (Å²) in [5, 5.41) is 19.1. The van der Waals surface area contributed by atoms with Crippen LogP contribution in [0.5, 0.6) is 0 Å². The van der Waals surface area contributed by atoms with Gasteiger partial charge in [0.15, 0.2) is 0 Å². The molecule has 0 saturated carbocycles. The second-order valence-corrected chi connectivity index (χ2v) is 2.07. The van der Waals surface area contributed by atoms with Gasteiger partial charge in [-0.05, 0) is 11.6 Å². The molecule has 1 aromatic rings. The van der Waals surface area contributed by atoms with E-state index in [9.17, 15) is 5.21 Å². The smallest absolute Gasteiger partial charge is 0.304 e. The highest BCUT2D eigenvalue weighted by atomic mass is 35.5. The van der Waals surface area contributed by atoms with Crippen molar-refractivity contribution in [3.05, 3.63) is 28.4 Å². The fourth-order valence-corrected chi connectivity index (χ4v) is 0.603. The zero-order chi connectivity index (χ0) is 7.56. The molecule has 0 fully saturated rings. The van der Waals surface area contributed by atoms with Gasteiger partial charge in [-0.2, -0.15) is 4.73 Å². The molecular formula is C5H5ClN2O2. The van der Waals surface area contributed by atoms with Crippen LogP contribution >= 0.6 is 11.6 Å². The molecule has 1 N–H and O–H groups in total. The molecule has 54 valence electrons. The summed E-state index contributed by atoms with van der Waals surface area (Å²) in [6, 6.07) is 0. The zero-order valence-corrected chi connectivity index (χ0v) is 5.75. The Bertz CT molecular complexity index is 241. The Labute approximate surface area is 62.3 Å². The standard InChI is InChI=1S/C5H5ClN2O2/c6-5-1-7-4(3-9)2-8(5)10/h1-2,9H,3H2. The van der Waals surface area contributed by atoms with E-state index in [1.807, 2.05) is 0 Å². The van der Waals surface area contributed by atoms with Gasteiger partial charge in [-0.1, -0.05) is 0 Å². The monoisotopic (exact) mass is 160 g/mol. The molecule has 10 heavy (non-hydrogen) atoms. The molecule has 4 nitrogen and oxygen atoms in total. The first-order valence-electron chi connectivity index (χ1n) is 2.58. The van der Waals surface area contributed by atoms with Crippen molar-refractivity contribution in [2.45, 2.75) is 6.61 Å². The molecule has 0 aliphatic heterocycles. The summed E-state index contributed by atoms with van der Waals surface area (Å²) in [5.74, 6) is 0. The number of rotatable bonds is 1. The van der Waals surface area contributed by atoms with Gasteiger partial charge in [0.05, 0.1) is 6.61 Å². The minimum atomic E-state index is -0.251. The van der Waals surface area contributed by atoms with Crippen molar-refractivity contribution in [2.24, 2.45) is 0 Å². The van der Waals surface area contributed by atoms with Gasteiger partial charge in [0.25, 0.3) is 0 Å². The van der Waals surface area contributed by atoms with Crippen molar-refractivity contribution in [2.75, 3.05) is 0 Å². The van der Waals surface area contributed by atoms with E-state index in [0.717, 1.165) is 6.20 Å². The molecule has 0 saturated heterocycles. The molecule has 0 spiro atoms. The molecule has 0 amide bonds. The fraction of sp³-hybridized carbons (Fsp3) is 0.200. The molecule has 0 aliphatic rings. The van der Waals surface area contributed by atoms with Gasteiger partial charge < -0.3 is 10.3 Å². The van der Waals surface area contributed by atoms with Crippen LogP contribution in [-0.2, 0) is 6.61 Å². The summed E-state index contributed by atoms with van der Waals surface area (Å²) in [6.45, 7) is -0.251. The van der Waals surface area contributed by atoms with Gasteiger partial charge in [-0.15, -0.1) is 0 Å². The second-order valence-electron chi connectivity index (χ2n) is 1.69. The lowest BCUT2D eigenvalue weighted by Gasteiger charge is -1.97. The van der Waals surface area contributed by atoms with Crippen LogP contribution in [0.3, 0.4) is 0 Å². The van der Waals surface area contributed by atoms with Crippen molar-refractivity contribution in [1.82, 2.24) is 4.98 Å². The molecule has 0 aliphatic carbocycles. The van der Waals surface area contributed by atoms with Crippen LogP contribution in [0, 0.1) is 5.21 Å².